The Kier molecular flexibility index (Phi) is 5.27. The SMILES string of the molecule is Cc1cnc(CNC(=O)c2ccc3c(c2)nc(N2CCC(C)(N)CC2)c2ccsc23)cn1. The number of nitrogens with zero attached hydrogens (tertiary/aromatic N) is 4. The van der Waals surface area contributed by atoms with E-state index in [9.17, 15) is 4.79 Å². The molecule has 0 unspecified atom stereocenters. The van der Waals surface area contributed by atoms with Gasteiger partial charge < -0.3 is 16.0 Å². The van der Waals surface area contributed by atoms with E-state index in [4.69, 9.17) is 10.7 Å². The van der Waals surface area contributed by atoms with E-state index in [0.717, 1.165) is 54.0 Å². The molecule has 3 aromatic heterocycles. The first kappa shape index (κ1) is 20.8. The number of aromatic nitrogens is 3. The minimum absolute atomic E-state index is 0.117. The molecule has 1 saturated heterocycles. The Morgan fingerprint density at radius 2 is 2.00 bits per heavy atom. The molecular weight excluding hydrogens is 420 g/mol. The molecule has 1 amide bonds. The number of thiophene rings is 1. The Labute approximate surface area is 190 Å². The molecule has 0 atom stereocenters. The largest absolute Gasteiger partial charge is 0.356 e. The lowest BCUT2D eigenvalue weighted by Gasteiger charge is -2.37. The maximum atomic E-state index is 12.8. The molecule has 0 bridgehead atoms. The van der Waals surface area contributed by atoms with Gasteiger partial charge in [-0.3, -0.25) is 14.8 Å². The molecule has 5 rings (SSSR count). The molecule has 0 saturated carbocycles. The van der Waals surface area contributed by atoms with Gasteiger partial charge in [-0.1, -0.05) is 6.07 Å². The molecular formula is C24H26N6OS. The van der Waals surface area contributed by atoms with E-state index in [-0.39, 0.29) is 11.4 Å². The van der Waals surface area contributed by atoms with E-state index in [2.05, 4.69) is 38.6 Å². The molecule has 1 aliphatic rings. The van der Waals surface area contributed by atoms with Gasteiger partial charge >= 0.3 is 0 Å². The first-order valence-corrected chi connectivity index (χ1v) is 11.7. The zero-order valence-electron chi connectivity index (χ0n) is 18.3. The maximum absolute atomic E-state index is 12.8. The van der Waals surface area contributed by atoms with Crippen molar-refractivity contribution >= 4 is 44.1 Å². The molecule has 164 valence electrons. The third kappa shape index (κ3) is 4.03. The van der Waals surface area contributed by atoms with Crippen molar-refractivity contribution in [3.8, 4) is 0 Å². The maximum Gasteiger partial charge on any atom is 0.251 e. The van der Waals surface area contributed by atoms with E-state index in [1.165, 1.54) is 10.1 Å². The average molecular weight is 447 g/mol. The second-order valence-electron chi connectivity index (χ2n) is 8.80. The van der Waals surface area contributed by atoms with Crippen molar-refractivity contribution in [1.82, 2.24) is 20.3 Å². The Hall–Kier alpha value is -3.10. The van der Waals surface area contributed by atoms with Gasteiger partial charge in [-0.05, 0) is 50.3 Å². The van der Waals surface area contributed by atoms with Crippen LogP contribution in [0.5, 0.6) is 0 Å². The van der Waals surface area contributed by atoms with Gasteiger partial charge in [0.2, 0.25) is 0 Å². The van der Waals surface area contributed by atoms with Crippen molar-refractivity contribution in [2.75, 3.05) is 18.0 Å². The van der Waals surface area contributed by atoms with Gasteiger partial charge in [-0.2, -0.15) is 0 Å². The van der Waals surface area contributed by atoms with Gasteiger partial charge in [0.05, 0.1) is 29.6 Å². The molecule has 7 nitrogen and oxygen atoms in total. The van der Waals surface area contributed by atoms with Crippen molar-refractivity contribution in [2.24, 2.45) is 5.73 Å². The third-order valence-corrected chi connectivity index (χ3v) is 7.05. The number of fused-ring (bicyclic) bond motifs is 3. The number of nitrogens with two attached hydrogens (primary N) is 1. The minimum Gasteiger partial charge on any atom is -0.356 e. The minimum atomic E-state index is -0.152. The summed E-state index contributed by atoms with van der Waals surface area (Å²) in [5.74, 6) is 0.831. The number of pyridine rings is 1. The first-order valence-electron chi connectivity index (χ1n) is 10.8. The molecule has 0 spiro atoms. The highest BCUT2D eigenvalue weighted by Crippen LogP contribution is 2.37. The highest BCUT2D eigenvalue weighted by atomic mass is 32.1. The second-order valence-corrected chi connectivity index (χ2v) is 9.72. The van der Waals surface area contributed by atoms with Crippen LogP contribution in [0.1, 0.15) is 41.5 Å². The topological polar surface area (TPSA) is 97.0 Å². The number of nitrogens with one attached hydrogen (secondary N) is 1. The van der Waals surface area contributed by atoms with E-state index < -0.39 is 0 Å². The Balaban J connectivity index is 1.44. The summed E-state index contributed by atoms with van der Waals surface area (Å²) < 4.78 is 1.20. The summed E-state index contributed by atoms with van der Waals surface area (Å²) in [7, 11) is 0. The van der Waals surface area contributed by atoms with Gasteiger partial charge in [0.1, 0.15) is 5.82 Å². The quantitative estimate of drug-likeness (QED) is 0.495. The number of anilines is 1. The highest BCUT2D eigenvalue weighted by Gasteiger charge is 2.28. The van der Waals surface area contributed by atoms with Crippen LogP contribution in [-0.4, -0.2) is 39.5 Å². The lowest BCUT2D eigenvalue weighted by Crippen LogP contribution is -2.48. The summed E-state index contributed by atoms with van der Waals surface area (Å²) in [5.41, 5.74) is 9.21. The number of rotatable bonds is 4. The molecule has 32 heavy (non-hydrogen) atoms. The number of carbonyl (C=O) groups excluding carboxylic acids is 1. The number of benzene rings is 1. The lowest BCUT2D eigenvalue weighted by molar-refractivity contribution is 0.0950. The second kappa shape index (κ2) is 8.11. The Morgan fingerprint density at radius 3 is 2.75 bits per heavy atom. The van der Waals surface area contributed by atoms with Crippen LogP contribution in [0.4, 0.5) is 5.82 Å². The van der Waals surface area contributed by atoms with Crippen molar-refractivity contribution in [3.05, 3.63) is 59.0 Å². The molecule has 3 N–H and O–H groups in total. The molecule has 0 aliphatic carbocycles. The van der Waals surface area contributed by atoms with Crippen LogP contribution < -0.4 is 16.0 Å². The lowest BCUT2D eigenvalue weighted by atomic mass is 9.91. The van der Waals surface area contributed by atoms with Crippen LogP contribution >= 0.6 is 11.3 Å². The summed E-state index contributed by atoms with van der Waals surface area (Å²) in [6.45, 7) is 6.10. The average Bonchev–Trinajstić information content (AvgIpc) is 3.28. The molecule has 0 radical (unpaired) electrons. The highest BCUT2D eigenvalue weighted by molar-refractivity contribution is 7.18. The van der Waals surface area contributed by atoms with Crippen molar-refractivity contribution in [2.45, 2.75) is 38.8 Å². The van der Waals surface area contributed by atoms with Gasteiger partial charge in [0.15, 0.2) is 0 Å². The molecule has 1 aromatic carbocycles. The van der Waals surface area contributed by atoms with E-state index in [0.29, 0.717) is 12.1 Å². The van der Waals surface area contributed by atoms with Crippen molar-refractivity contribution < 1.29 is 4.79 Å². The van der Waals surface area contributed by atoms with E-state index >= 15 is 0 Å². The third-order valence-electron chi connectivity index (χ3n) is 6.11. The summed E-state index contributed by atoms with van der Waals surface area (Å²) >= 11 is 1.71. The van der Waals surface area contributed by atoms with Gasteiger partial charge in [-0.25, -0.2) is 4.98 Å². The zero-order chi connectivity index (χ0) is 22.3. The molecule has 1 aliphatic heterocycles. The zero-order valence-corrected chi connectivity index (χ0v) is 19.1. The smallest absolute Gasteiger partial charge is 0.251 e. The van der Waals surface area contributed by atoms with Gasteiger partial charge in [-0.15, -0.1) is 11.3 Å². The van der Waals surface area contributed by atoms with Crippen LogP contribution in [0.25, 0.3) is 21.0 Å². The summed E-state index contributed by atoms with van der Waals surface area (Å²) in [6.07, 6.45) is 5.25. The fourth-order valence-corrected chi connectivity index (χ4v) is 5.01. The number of hydrogen-bond donors (Lipinski definition) is 2. The fraction of sp³-hybridized carbons (Fsp3) is 0.333. The van der Waals surface area contributed by atoms with Gasteiger partial charge in [0, 0.05) is 45.9 Å². The normalized spacial score (nSPS) is 15.9. The Bertz CT molecular complexity index is 1290. The molecule has 1 fully saturated rings. The van der Waals surface area contributed by atoms with E-state index in [1.807, 2.05) is 25.1 Å². The number of carbonyl (C=O) groups is 1. The molecule has 4 heterocycles. The van der Waals surface area contributed by atoms with Crippen molar-refractivity contribution in [1.29, 1.82) is 0 Å². The first-order chi connectivity index (χ1) is 15.4. The molecule has 4 aromatic rings. The fourth-order valence-electron chi connectivity index (χ4n) is 4.08. The standard InChI is InChI=1S/C24H26N6OS/c1-15-12-27-17(13-26-15)14-28-23(31)16-3-4-18-20(11-16)29-22(19-5-10-32-21(18)19)30-8-6-24(2,25)7-9-30/h3-5,10-13H,6-9,14,25H2,1-2H3,(H,28,31). The monoisotopic (exact) mass is 446 g/mol. The molecule has 8 heteroatoms. The van der Waals surface area contributed by atoms with Crippen LogP contribution in [0.15, 0.2) is 42.0 Å². The van der Waals surface area contributed by atoms with Crippen LogP contribution in [0.2, 0.25) is 0 Å². The number of piperidine rings is 1. The van der Waals surface area contributed by atoms with E-state index in [1.54, 1.807) is 23.7 Å². The summed E-state index contributed by atoms with van der Waals surface area (Å²) in [6, 6.07) is 7.88. The van der Waals surface area contributed by atoms with Crippen molar-refractivity contribution in [3.63, 3.8) is 0 Å². The Morgan fingerprint density at radius 1 is 1.19 bits per heavy atom. The summed E-state index contributed by atoms with van der Waals surface area (Å²) in [4.78, 5) is 28.6. The van der Waals surface area contributed by atoms with Gasteiger partial charge in [0.25, 0.3) is 5.91 Å². The number of hydrogen-bond acceptors (Lipinski definition) is 7. The van der Waals surface area contributed by atoms with Crippen LogP contribution in [0, 0.1) is 6.92 Å². The summed E-state index contributed by atoms with van der Waals surface area (Å²) in [5, 5.41) is 7.27. The predicted molar refractivity (Wildman–Crippen MR) is 129 cm³/mol. The number of amides is 1. The van der Waals surface area contributed by atoms with Crippen LogP contribution in [-0.2, 0) is 6.54 Å². The predicted octanol–water partition coefficient (Wildman–Crippen LogP) is 3.80. The van der Waals surface area contributed by atoms with Crippen LogP contribution in [0.3, 0.4) is 0 Å². The number of aryl methyl sites for hydroxylation is 1.